The van der Waals surface area contributed by atoms with E-state index in [1.807, 2.05) is 11.8 Å². The fourth-order valence-electron chi connectivity index (χ4n) is 4.37. The predicted octanol–water partition coefficient (Wildman–Crippen LogP) is 1.57. The molecule has 0 bridgehead atoms. The highest BCUT2D eigenvalue weighted by Gasteiger charge is 2.42. The molecule has 7 heteroatoms. The fourth-order valence-corrected chi connectivity index (χ4v) is 4.37. The number of ether oxygens (including phenoxy) is 1. The number of aliphatic carboxylic acids is 1. The summed E-state index contributed by atoms with van der Waals surface area (Å²) in [5.41, 5.74) is 0.121. The Balaban J connectivity index is 1.32. The van der Waals surface area contributed by atoms with Gasteiger partial charge in [-0.3, -0.25) is 9.69 Å². The quantitative estimate of drug-likeness (QED) is 0.646. The molecule has 2 saturated carbocycles. The summed E-state index contributed by atoms with van der Waals surface area (Å²) in [4.78, 5) is 24.9. The van der Waals surface area contributed by atoms with Crippen LogP contribution in [-0.2, 0) is 9.53 Å². The molecule has 2 aliphatic carbocycles. The Morgan fingerprint density at radius 3 is 2.68 bits per heavy atom. The first-order chi connectivity index (χ1) is 12.0. The molecule has 7 nitrogen and oxygen atoms in total. The molecular weight excluding hydrogens is 322 g/mol. The first kappa shape index (κ1) is 18.5. The van der Waals surface area contributed by atoms with E-state index in [9.17, 15) is 9.59 Å². The first-order valence-electron chi connectivity index (χ1n) is 9.64. The van der Waals surface area contributed by atoms with Gasteiger partial charge in [-0.2, -0.15) is 0 Å². The maximum atomic E-state index is 12.1. The number of likely N-dealkylation sites (N-methyl/N-ethyl adjacent to an activating group) is 1. The average Bonchev–Trinajstić information content (AvgIpc) is 2.52. The summed E-state index contributed by atoms with van der Waals surface area (Å²) in [6.07, 6.45) is 7.35. The van der Waals surface area contributed by atoms with Crippen molar-refractivity contribution in [2.75, 3.05) is 26.2 Å². The Kier molecular flexibility index (Phi) is 5.84. The van der Waals surface area contributed by atoms with Crippen molar-refractivity contribution in [3.63, 3.8) is 0 Å². The van der Waals surface area contributed by atoms with Gasteiger partial charge < -0.3 is 20.5 Å². The van der Waals surface area contributed by atoms with Crippen molar-refractivity contribution >= 4 is 12.0 Å². The van der Waals surface area contributed by atoms with Crippen molar-refractivity contribution in [3.05, 3.63) is 0 Å². The molecule has 3 fully saturated rings. The highest BCUT2D eigenvalue weighted by atomic mass is 16.5. The second kappa shape index (κ2) is 7.91. The lowest BCUT2D eigenvalue weighted by atomic mass is 9.72. The van der Waals surface area contributed by atoms with Gasteiger partial charge in [-0.15, -0.1) is 0 Å². The lowest BCUT2D eigenvalue weighted by Crippen LogP contribution is -2.56. The number of nitrogens with one attached hydrogen (secondary N) is 2. The van der Waals surface area contributed by atoms with Gasteiger partial charge in [0.2, 0.25) is 0 Å². The lowest BCUT2D eigenvalue weighted by Gasteiger charge is -2.47. The van der Waals surface area contributed by atoms with E-state index in [1.165, 1.54) is 19.3 Å². The number of hydrogen-bond donors (Lipinski definition) is 3. The molecule has 0 radical (unpaired) electrons. The maximum Gasteiger partial charge on any atom is 0.317 e. The highest BCUT2D eigenvalue weighted by molar-refractivity contribution is 5.74. The summed E-state index contributed by atoms with van der Waals surface area (Å²) < 4.78 is 5.93. The van der Waals surface area contributed by atoms with Crippen molar-refractivity contribution in [3.8, 4) is 0 Å². The van der Waals surface area contributed by atoms with Gasteiger partial charge >= 0.3 is 12.0 Å². The zero-order valence-electron chi connectivity index (χ0n) is 15.1. The number of rotatable bonds is 7. The third-order valence-electron chi connectivity index (χ3n) is 6.12. The highest BCUT2D eigenvalue weighted by Crippen LogP contribution is 2.44. The van der Waals surface area contributed by atoms with Gasteiger partial charge in [0.15, 0.2) is 0 Å². The van der Waals surface area contributed by atoms with Crippen molar-refractivity contribution in [1.29, 1.82) is 0 Å². The molecule has 1 heterocycles. The number of carboxylic acid groups (broad SMARTS) is 1. The molecule has 1 atom stereocenters. The largest absolute Gasteiger partial charge is 0.480 e. The van der Waals surface area contributed by atoms with Crippen LogP contribution in [0.3, 0.4) is 0 Å². The van der Waals surface area contributed by atoms with Crippen LogP contribution in [-0.4, -0.2) is 65.9 Å². The SMILES string of the molecule is CCN(CC(=O)O)C1CC(NC(=O)NCC2CCOC3(CCC3)C2)C1. The molecule has 142 valence electrons. The van der Waals surface area contributed by atoms with E-state index in [-0.39, 0.29) is 30.3 Å². The van der Waals surface area contributed by atoms with Gasteiger partial charge in [0.25, 0.3) is 0 Å². The standard InChI is InChI=1S/C18H31N3O4/c1-2-21(12-16(22)23)15-8-14(9-15)20-17(24)19-11-13-4-7-25-18(10-13)5-3-6-18/h13-15H,2-12H2,1H3,(H,22,23)(H2,19,20,24). The van der Waals surface area contributed by atoms with Gasteiger partial charge in [0, 0.05) is 25.2 Å². The Hall–Kier alpha value is -1.34. The summed E-state index contributed by atoms with van der Waals surface area (Å²) in [5, 5.41) is 14.9. The molecule has 1 aliphatic heterocycles. The molecule has 0 aromatic carbocycles. The molecular formula is C18H31N3O4. The topological polar surface area (TPSA) is 90.9 Å². The second-order valence-electron chi connectivity index (χ2n) is 7.88. The summed E-state index contributed by atoms with van der Waals surface area (Å²) in [5.74, 6) is -0.281. The molecule has 1 unspecified atom stereocenters. The second-order valence-corrected chi connectivity index (χ2v) is 7.88. The van der Waals surface area contributed by atoms with E-state index in [4.69, 9.17) is 9.84 Å². The van der Waals surface area contributed by atoms with Crippen molar-refractivity contribution in [1.82, 2.24) is 15.5 Å². The number of carbonyl (C=O) groups excluding carboxylic acids is 1. The molecule has 3 N–H and O–H groups in total. The molecule has 0 aromatic rings. The van der Waals surface area contributed by atoms with Crippen molar-refractivity contribution in [2.24, 2.45) is 5.92 Å². The monoisotopic (exact) mass is 353 g/mol. The number of nitrogens with zero attached hydrogens (tertiary/aromatic N) is 1. The number of amides is 2. The Morgan fingerprint density at radius 1 is 1.32 bits per heavy atom. The number of hydrogen-bond acceptors (Lipinski definition) is 4. The third-order valence-corrected chi connectivity index (χ3v) is 6.12. The predicted molar refractivity (Wildman–Crippen MR) is 93.5 cm³/mol. The smallest absolute Gasteiger partial charge is 0.317 e. The Bertz CT molecular complexity index is 489. The third kappa shape index (κ3) is 4.64. The minimum Gasteiger partial charge on any atom is -0.480 e. The van der Waals surface area contributed by atoms with E-state index in [2.05, 4.69) is 10.6 Å². The van der Waals surface area contributed by atoms with Crippen LogP contribution in [0.4, 0.5) is 4.79 Å². The van der Waals surface area contributed by atoms with Crippen LogP contribution in [0.15, 0.2) is 0 Å². The molecule has 3 rings (SSSR count). The van der Waals surface area contributed by atoms with E-state index in [0.717, 1.165) is 38.8 Å². The fraction of sp³-hybridized carbons (Fsp3) is 0.889. The molecule has 1 spiro atoms. The van der Waals surface area contributed by atoms with Crippen LogP contribution < -0.4 is 10.6 Å². The zero-order chi connectivity index (χ0) is 17.9. The van der Waals surface area contributed by atoms with Crippen LogP contribution in [0.5, 0.6) is 0 Å². The van der Waals surface area contributed by atoms with Gasteiger partial charge in [-0.05, 0) is 57.4 Å². The van der Waals surface area contributed by atoms with E-state index in [1.54, 1.807) is 0 Å². The van der Waals surface area contributed by atoms with Gasteiger partial charge in [0.1, 0.15) is 0 Å². The summed E-state index contributed by atoms with van der Waals surface area (Å²) in [7, 11) is 0. The van der Waals surface area contributed by atoms with E-state index in [0.29, 0.717) is 12.5 Å². The molecule has 2 amide bonds. The van der Waals surface area contributed by atoms with Gasteiger partial charge in [-0.25, -0.2) is 4.79 Å². The Morgan fingerprint density at radius 2 is 2.08 bits per heavy atom. The first-order valence-corrected chi connectivity index (χ1v) is 9.64. The van der Waals surface area contributed by atoms with E-state index >= 15 is 0 Å². The lowest BCUT2D eigenvalue weighted by molar-refractivity contribution is -0.142. The van der Waals surface area contributed by atoms with Crippen LogP contribution in [0.1, 0.15) is 51.9 Å². The summed E-state index contributed by atoms with van der Waals surface area (Å²) in [6, 6.07) is 0.319. The van der Waals surface area contributed by atoms with Crippen molar-refractivity contribution < 1.29 is 19.4 Å². The summed E-state index contributed by atoms with van der Waals surface area (Å²) in [6.45, 7) is 4.30. The number of urea groups is 1. The summed E-state index contributed by atoms with van der Waals surface area (Å²) >= 11 is 0. The number of carboxylic acids is 1. The van der Waals surface area contributed by atoms with Crippen LogP contribution in [0.25, 0.3) is 0 Å². The average molecular weight is 353 g/mol. The maximum absolute atomic E-state index is 12.1. The van der Waals surface area contributed by atoms with Gasteiger partial charge in [-0.1, -0.05) is 6.92 Å². The minimum absolute atomic E-state index is 0.0750. The molecule has 3 aliphatic rings. The zero-order valence-corrected chi connectivity index (χ0v) is 15.1. The van der Waals surface area contributed by atoms with E-state index < -0.39 is 5.97 Å². The van der Waals surface area contributed by atoms with Crippen molar-refractivity contribution in [2.45, 2.75) is 69.6 Å². The molecule has 0 aromatic heterocycles. The minimum atomic E-state index is -0.795. The molecule has 25 heavy (non-hydrogen) atoms. The number of carbonyl (C=O) groups is 2. The van der Waals surface area contributed by atoms with Crippen LogP contribution in [0, 0.1) is 5.92 Å². The normalized spacial score (nSPS) is 30.4. The van der Waals surface area contributed by atoms with Crippen LogP contribution in [0.2, 0.25) is 0 Å². The Labute approximate surface area is 149 Å². The van der Waals surface area contributed by atoms with Crippen LogP contribution >= 0.6 is 0 Å². The molecule has 1 saturated heterocycles. The van der Waals surface area contributed by atoms with Gasteiger partial charge in [0.05, 0.1) is 12.1 Å².